The number of guanidine groups is 1. The van der Waals surface area contributed by atoms with Crippen molar-refractivity contribution in [3.63, 3.8) is 0 Å². The third kappa shape index (κ3) is 6.04. The number of nitrogens with one attached hydrogen (secondary N) is 2. The highest BCUT2D eigenvalue weighted by Crippen LogP contribution is 2.11. The van der Waals surface area contributed by atoms with E-state index in [0.29, 0.717) is 31.0 Å². The molecule has 1 atom stereocenters. The number of hydrogen-bond donors (Lipinski definition) is 2. The van der Waals surface area contributed by atoms with Crippen LogP contribution in [0.1, 0.15) is 18.4 Å². The number of aliphatic imine (C=N–C) groups is 1. The van der Waals surface area contributed by atoms with E-state index >= 15 is 0 Å². The summed E-state index contributed by atoms with van der Waals surface area (Å²) in [6, 6.07) is 3.64. The maximum atomic E-state index is 13.5. The minimum absolute atomic E-state index is 0. The molecule has 0 radical (unpaired) electrons. The lowest BCUT2D eigenvalue weighted by atomic mass is 10.1. The van der Waals surface area contributed by atoms with Crippen LogP contribution < -0.4 is 10.6 Å². The van der Waals surface area contributed by atoms with Crippen molar-refractivity contribution >= 4 is 29.9 Å². The van der Waals surface area contributed by atoms with Crippen molar-refractivity contribution in [3.8, 4) is 0 Å². The third-order valence-corrected chi connectivity index (χ3v) is 3.45. The summed E-state index contributed by atoms with van der Waals surface area (Å²) >= 11 is 0. The van der Waals surface area contributed by atoms with Crippen molar-refractivity contribution < 1.29 is 13.5 Å². The molecule has 1 fully saturated rings. The van der Waals surface area contributed by atoms with Gasteiger partial charge < -0.3 is 15.4 Å². The van der Waals surface area contributed by atoms with E-state index < -0.39 is 11.6 Å². The first-order chi connectivity index (χ1) is 10.2. The van der Waals surface area contributed by atoms with Crippen molar-refractivity contribution in [2.45, 2.75) is 25.4 Å². The van der Waals surface area contributed by atoms with Gasteiger partial charge in [0, 0.05) is 32.8 Å². The molecule has 4 nitrogen and oxygen atoms in total. The minimum Gasteiger partial charge on any atom is -0.376 e. The molecule has 2 N–H and O–H groups in total. The Balaban J connectivity index is 0.00000242. The van der Waals surface area contributed by atoms with Crippen molar-refractivity contribution in [1.29, 1.82) is 0 Å². The highest BCUT2D eigenvalue weighted by molar-refractivity contribution is 14.0. The van der Waals surface area contributed by atoms with Crippen LogP contribution in [0.25, 0.3) is 0 Å². The quantitative estimate of drug-likeness (QED) is 0.433. The van der Waals surface area contributed by atoms with Gasteiger partial charge in [0.05, 0.1) is 6.10 Å². The summed E-state index contributed by atoms with van der Waals surface area (Å²) in [5, 5.41) is 6.29. The summed E-state index contributed by atoms with van der Waals surface area (Å²) in [6.07, 6.45) is 2.86. The molecule has 124 valence electrons. The average molecular weight is 425 g/mol. The van der Waals surface area contributed by atoms with Crippen LogP contribution in [0.4, 0.5) is 8.78 Å². The van der Waals surface area contributed by atoms with Crippen LogP contribution in [0.5, 0.6) is 0 Å². The number of benzene rings is 1. The van der Waals surface area contributed by atoms with E-state index in [2.05, 4.69) is 15.6 Å². The molecule has 2 rings (SSSR count). The molecule has 1 aliphatic rings. The Morgan fingerprint density at radius 1 is 1.36 bits per heavy atom. The average Bonchev–Trinajstić information content (AvgIpc) is 2.98. The Morgan fingerprint density at radius 2 is 2.18 bits per heavy atom. The molecule has 1 aliphatic heterocycles. The minimum atomic E-state index is -0.557. The number of ether oxygens (including phenoxy) is 1. The Bertz CT molecular complexity index is 494. The second-order valence-corrected chi connectivity index (χ2v) is 5.00. The number of nitrogens with zero attached hydrogens (tertiary/aromatic N) is 1. The van der Waals surface area contributed by atoms with Gasteiger partial charge in [-0.1, -0.05) is 6.07 Å². The van der Waals surface area contributed by atoms with E-state index in [4.69, 9.17) is 4.74 Å². The molecule has 0 bridgehead atoms. The first-order valence-electron chi connectivity index (χ1n) is 7.19. The smallest absolute Gasteiger partial charge is 0.191 e. The molecule has 0 spiro atoms. The summed E-state index contributed by atoms with van der Waals surface area (Å²) in [6.45, 7) is 2.06. The lowest BCUT2D eigenvalue weighted by Crippen LogP contribution is -2.41. The Kier molecular flexibility index (Phi) is 8.62. The summed E-state index contributed by atoms with van der Waals surface area (Å²) in [7, 11) is 1.68. The molecule has 22 heavy (non-hydrogen) atoms. The van der Waals surface area contributed by atoms with E-state index in [0.717, 1.165) is 25.5 Å². The molecule has 0 amide bonds. The fourth-order valence-electron chi connectivity index (χ4n) is 2.28. The number of halogens is 3. The lowest BCUT2D eigenvalue weighted by Gasteiger charge is -2.15. The summed E-state index contributed by atoms with van der Waals surface area (Å²) < 4.78 is 31.8. The fraction of sp³-hybridized carbons (Fsp3) is 0.533. The van der Waals surface area contributed by atoms with Crippen LogP contribution in [0, 0.1) is 11.6 Å². The van der Waals surface area contributed by atoms with Gasteiger partial charge in [0.15, 0.2) is 5.96 Å². The summed E-state index contributed by atoms with van der Waals surface area (Å²) in [5.74, 6) is -0.412. The Morgan fingerprint density at radius 3 is 2.82 bits per heavy atom. The summed E-state index contributed by atoms with van der Waals surface area (Å²) in [5.41, 5.74) is 0.485. The van der Waals surface area contributed by atoms with Crippen LogP contribution >= 0.6 is 24.0 Å². The Labute approximate surface area is 146 Å². The predicted octanol–water partition coefficient (Wildman–Crippen LogP) is 2.47. The second-order valence-electron chi connectivity index (χ2n) is 5.00. The maximum Gasteiger partial charge on any atom is 0.191 e. The maximum absolute atomic E-state index is 13.5. The molecule has 0 aromatic heterocycles. The topological polar surface area (TPSA) is 45.7 Å². The van der Waals surface area contributed by atoms with E-state index in [1.165, 1.54) is 12.1 Å². The van der Waals surface area contributed by atoms with E-state index in [1.54, 1.807) is 7.05 Å². The standard InChI is InChI=1S/C15H21F2N3O.HI/c1-18-15(20-10-13-3-2-8-21-13)19-7-6-11-4-5-12(16)9-14(11)17;/h4-5,9,13H,2-3,6-8,10H2,1H3,(H2,18,19,20);1H. The van der Waals surface area contributed by atoms with Crippen LogP contribution in [-0.4, -0.2) is 38.8 Å². The molecule has 1 unspecified atom stereocenters. The predicted molar refractivity (Wildman–Crippen MR) is 93.8 cm³/mol. The third-order valence-electron chi connectivity index (χ3n) is 3.45. The van der Waals surface area contributed by atoms with Gasteiger partial charge in [-0.3, -0.25) is 4.99 Å². The van der Waals surface area contributed by atoms with E-state index in [1.807, 2.05) is 0 Å². The fourth-order valence-corrected chi connectivity index (χ4v) is 2.28. The van der Waals surface area contributed by atoms with Crippen LogP contribution in [0.15, 0.2) is 23.2 Å². The van der Waals surface area contributed by atoms with Crippen molar-refractivity contribution in [2.24, 2.45) is 4.99 Å². The summed E-state index contributed by atoms with van der Waals surface area (Å²) in [4.78, 5) is 4.10. The molecule has 1 saturated heterocycles. The van der Waals surface area contributed by atoms with E-state index in [-0.39, 0.29) is 30.1 Å². The van der Waals surface area contributed by atoms with E-state index in [9.17, 15) is 8.78 Å². The zero-order valence-electron chi connectivity index (χ0n) is 12.6. The first kappa shape index (κ1) is 19.1. The van der Waals surface area contributed by atoms with Crippen molar-refractivity contribution in [2.75, 3.05) is 26.7 Å². The molecular formula is C15H22F2IN3O. The van der Waals surface area contributed by atoms with Gasteiger partial charge >= 0.3 is 0 Å². The number of rotatable bonds is 5. The van der Waals surface area contributed by atoms with Crippen LogP contribution in [0.3, 0.4) is 0 Å². The lowest BCUT2D eigenvalue weighted by molar-refractivity contribution is 0.114. The molecule has 1 heterocycles. The van der Waals surface area contributed by atoms with Crippen LogP contribution in [-0.2, 0) is 11.2 Å². The second kappa shape index (κ2) is 9.94. The zero-order chi connectivity index (χ0) is 15.1. The first-order valence-corrected chi connectivity index (χ1v) is 7.19. The van der Waals surface area contributed by atoms with Gasteiger partial charge in [0.2, 0.25) is 0 Å². The zero-order valence-corrected chi connectivity index (χ0v) is 14.9. The van der Waals surface area contributed by atoms with Gasteiger partial charge in [-0.25, -0.2) is 8.78 Å². The van der Waals surface area contributed by atoms with Gasteiger partial charge in [-0.2, -0.15) is 0 Å². The highest BCUT2D eigenvalue weighted by Gasteiger charge is 2.15. The molecular weight excluding hydrogens is 403 g/mol. The van der Waals surface area contributed by atoms with Gasteiger partial charge in [0.1, 0.15) is 11.6 Å². The molecule has 0 aliphatic carbocycles. The highest BCUT2D eigenvalue weighted by atomic mass is 127. The largest absolute Gasteiger partial charge is 0.376 e. The number of hydrogen-bond acceptors (Lipinski definition) is 2. The molecule has 7 heteroatoms. The van der Waals surface area contributed by atoms with Gasteiger partial charge in [-0.05, 0) is 30.9 Å². The van der Waals surface area contributed by atoms with Crippen molar-refractivity contribution in [1.82, 2.24) is 10.6 Å². The van der Waals surface area contributed by atoms with Crippen LogP contribution in [0.2, 0.25) is 0 Å². The van der Waals surface area contributed by atoms with Gasteiger partial charge in [-0.15, -0.1) is 24.0 Å². The van der Waals surface area contributed by atoms with Crippen molar-refractivity contribution in [3.05, 3.63) is 35.4 Å². The van der Waals surface area contributed by atoms with Gasteiger partial charge in [0.25, 0.3) is 0 Å². The molecule has 1 aromatic carbocycles. The molecule has 1 aromatic rings. The monoisotopic (exact) mass is 425 g/mol. The Hall–Kier alpha value is -0.960. The SMILES string of the molecule is CN=C(NCCc1ccc(F)cc1F)NCC1CCCO1.I. The normalized spacial score (nSPS) is 18.0. The molecule has 0 saturated carbocycles.